The predicted octanol–water partition coefficient (Wildman–Crippen LogP) is 3.65. The van der Waals surface area contributed by atoms with Gasteiger partial charge in [0.15, 0.2) is 0 Å². The van der Waals surface area contributed by atoms with E-state index >= 15 is 0 Å². The van der Waals surface area contributed by atoms with Gasteiger partial charge in [0.2, 0.25) is 0 Å². The number of rotatable bonds is 9. The number of aryl methyl sites for hydroxylation is 1. The molecule has 0 atom stereocenters. The fourth-order valence-corrected chi connectivity index (χ4v) is 2.88. The van der Waals surface area contributed by atoms with E-state index in [4.69, 9.17) is 9.47 Å². The van der Waals surface area contributed by atoms with Crippen LogP contribution in [0.5, 0.6) is 5.75 Å². The van der Waals surface area contributed by atoms with Crippen molar-refractivity contribution >= 4 is 11.9 Å². The largest absolute Gasteiger partial charge is 0.487 e. The van der Waals surface area contributed by atoms with Crippen molar-refractivity contribution in [2.75, 3.05) is 6.61 Å². The van der Waals surface area contributed by atoms with Crippen molar-refractivity contribution in [3.8, 4) is 11.4 Å². The van der Waals surface area contributed by atoms with E-state index in [1.54, 1.807) is 4.68 Å². The summed E-state index contributed by atoms with van der Waals surface area (Å²) in [5.74, 6) is -0.691. The smallest absolute Gasteiger partial charge is 0.339 e. The molecular formula is C22H22N2O5. The minimum Gasteiger partial charge on any atom is -0.487 e. The zero-order chi connectivity index (χ0) is 20.6. The van der Waals surface area contributed by atoms with E-state index < -0.39 is 5.97 Å². The molecule has 0 saturated heterocycles. The number of carbonyl (C=O) groups is 2. The van der Waals surface area contributed by atoms with E-state index in [0.717, 1.165) is 24.1 Å². The second kappa shape index (κ2) is 9.54. The zero-order valence-electron chi connectivity index (χ0n) is 16.1. The van der Waals surface area contributed by atoms with Crippen molar-refractivity contribution in [1.82, 2.24) is 9.78 Å². The first kappa shape index (κ1) is 20.1. The number of carboxylic acids is 1. The molecule has 29 heavy (non-hydrogen) atoms. The Hall–Kier alpha value is -3.61. The Bertz CT molecular complexity index is 965. The van der Waals surface area contributed by atoms with Gasteiger partial charge in [-0.1, -0.05) is 30.3 Å². The third kappa shape index (κ3) is 5.44. The average Bonchev–Trinajstić information content (AvgIpc) is 3.15. The Labute approximate surface area is 168 Å². The van der Waals surface area contributed by atoms with Gasteiger partial charge in [-0.3, -0.25) is 4.79 Å². The summed E-state index contributed by atoms with van der Waals surface area (Å²) in [5, 5.41) is 13.7. The van der Waals surface area contributed by atoms with Crippen LogP contribution < -0.4 is 4.74 Å². The summed E-state index contributed by atoms with van der Waals surface area (Å²) in [7, 11) is 0. The molecule has 0 saturated carbocycles. The molecule has 0 bridgehead atoms. The van der Waals surface area contributed by atoms with Crippen molar-refractivity contribution in [3.63, 3.8) is 0 Å². The van der Waals surface area contributed by atoms with Crippen LogP contribution in [-0.4, -0.2) is 33.4 Å². The molecule has 0 amide bonds. The van der Waals surface area contributed by atoms with Gasteiger partial charge < -0.3 is 14.6 Å². The van der Waals surface area contributed by atoms with Crippen LogP contribution >= 0.6 is 0 Å². The highest BCUT2D eigenvalue weighted by molar-refractivity contribution is 5.88. The molecule has 0 fully saturated rings. The number of para-hydroxylation sites is 1. The van der Waals surface area contributed by atoms with Gasteiger partial charge in [-0.15, -0.1) is 0 Å². The summed E-state index contributed by atoms with van der Waals surface area (Å²) in [4.78, 5) is 22.3. The van der Waals surface area contributed by atoms with E-state index in [1.165, 1.54) is 13.1 Å². The van der Waals surface area contributed by atoms with Gasteiger partial charge in [-0.2, -0.15) is 5.10 Å². The lowest BCUT2D eigenvalue weighted by Crippen LogP contribution is -2.10. The Balaban J connectivity index is 1.66. The topological polar surface area (TPSA) is 90.7 Å². The van der Waals surface area contributed by atoms with Crippen LogP contribution in [0.4, 0.5) is 0 Å². The highest BCUT2D eigenvalue weighted by Crippen LogP contribution is 2.19. The number of aromatic nitrogens is 2. The van der Waals surface area contributed by atoms with Crippen LogP contribution in [-0.2, 0) is 22.6 Å². The monoisotopic (exact) mass is 394 g/mol. The molecule has 0 unspecified atom stereocenters. The summed E-state index contributed by atoms with van der Waals surface area (Å²) in [6.07, 6.45) is 2.87. The van der Waals surface area contributed by atoms with Crippen LogP contribution in [0.15, 0.2) is 60.8 Å². The van der Waals surface area contributed by atoms with Gasteiger partial charge in [0.25, 0.3) is 0 Å². The minimum absolute atomic E-state index is 0.0718. The first-order chi connectivity index (χ1) is 14.0. The van der Waals surface area contributed by atoms with Crippen molar-refractivity contribution in [1.29, 1.82) is 0 Å². The van der Waals surface area contributed by atoms with E-state index in [1.807, 2.05) is 54.6 Å². The van der Waals surface area contributed by atoms with Crippen molar-refractivity contribution in [2.24, 2.45) is 0 Å². The minimum atomic E-state index is -1.05. The molecule has 0 aliphatic rings. The molecule has 7 heteroatoms. The first-order valence-electron chi connectivity index (χ1n) is 9.25. The van der Waals surface area contributed by atoms with Crippen LogP contribution in [0.2, 0.25) is 0 Å². The lowest BCUT2D eigenvalue weighted by Gasteiger charge is -2.11. The second-order valence-electron chi connectivity index (χ2n) is 6.43. The highest BCUT2D eigenvalue weighted by atomic mass is 16.5. The predicted molar refractivity (Wildman–Crippen MR) is 106 cm³/mol. The Morgan fingerprint density at radius 3 is 2.45 bits per heavy atom. The molecular weight excluding hydrogens is 372 g/mol. The normalized spacial score (nSPS) is 10.5. The Kier molecular flexibility index (Phi) is 6.63. The maximum atomic E-state index is 11.5. The van der Waals surface area contributed by atoms with Crippen molar-refractivity contribution in [3.05, 3.63) is 77.6 Å². The van der Waals surface area contributed by atoms with Gasteiger partial charge >= 0.3 is 11.9 Å². The van der Waals surface area contributed by atoms with Crippen LogP contribution in [0.25, 0.3) is 5.69 Å². The molecule has 0 radical (unpaired) electrons. The number of carboxylic acid groups (broad SMARTS) is 1. The number of esters is 1. The van der Waals surface area contributed by atoms with Gasteiger partial charge in [0.05, 0.1) is 24.2 Å². The number of ether oxygens (including phenoxy) is 2. The third-order valence-corrected chi connectivity index (χ3v) is 4.31. The van der Waals surface area contributed by atoms with Gasteiger partial charge in [0, 0.05) is 6.92 Å². The lowest BCUT2D eigenvalue weighted by molar-refractivity contribution is -0.141. The van der Waals surface area contributed by atoms with E-state index in [0.29, 0.717) is 18.1 Å². The zero-order valence-corrected chi connectivity index (χ0v) is 16.1. The number of benzene rings is 2. The number of hydrogen-bond acceptors (Lipinski definition) is 5. The SMILES string of the molecule is CC(=O)OCCCc1ccc(OCc2c(C(=O)O)cnn2-c2ccccc2)cc1. The Morgan fingerprint density at radius 1 is 1.07 bits per heavy atom. The standard InChI is InChI=1S/C22H22N2O5/c1-16(25)28-13-5-6-17-9-11-19(12-10-17)29-15-21-20(22(26)27)14-23-24(21)18-7-3-2-4-8-18/h2-4,7-12,14H,5-6,13,15H2,1H3,(H,26,27). The summed E-state index contributed by atoms with van der Waals surface area (Å²) in [6.45, 7) is 1.86. The molecule has 150 valence electrons. The lowest BCUT2D eigenvalue weighted by atomic mass is 10.1. The maximum Gasteiger partial charge on any atom is 0.339 e. The van der Waals surface area contributed by atoms with Gasteiger partial charge in [0.1, 0.15) is 17.9 Å². The number of aromatic carboxylic acids is 1. The molecule has 0 aliphatic carbocycles. The fourth-order valence-electron chi connectivity index (χ4n) is 2.88. The molecule has 0 aliphatic heterocycles. The Morgan fingerprint density at radius 2 is 1.79 bits per heavy atom. The van der Waals surface area contributed by atoms with Crippen molar-refractivity contribution in [2.45, 2.75) is 26.4 Å². The van der Waals surface area contributed by atoms with Gasteiger partial charge in [-0.25, -0.2) is 9.48 Å². The fraction of sp³-hybridized carbons (Fsp3) is 0.227. The highest BCUT2D eigenvalue weighted by Gasteiger charge is 2.18. The number of nitrogens with zero attached hydrogens (tertiary/aromatic N) is 2. The summed E-state index contributed by atoms with van der Waals surface area (Å²) in [5.41, 5.74) is 2.44. The average molecular weight is 394 g/mol. The quantitative estimate of drug-likeness (QED) is 0.440. The molecule has 3 rings (SSSR count). The number of carbonyl (C=O) groups excluding carboxylic acids is 1. The van der Waals surface area contributed by atoms with E-state index in [-0.39, 0.29) is 18.1 Å². The van der Waals surface area contributed by atoms with Crippen LogP contribution in [0.3, 0.4) is 0 Å². The molecule has 2 aromatic carbocycles. The third-order valence-electron chi connectivity index (χ3n) is 4.31. The summed E-state index contributed by atoms with van der Waals surface area (Å²) in [6, 6.07) is 16.9. The van der Waals surface area contributed by atoms with Crippen molar-refractivity contribution < 1.29 is 24.2 Å². The molecule has 7 nitrogen and oxygen atoms in total. The van der Waals surface area contributed by atoms with Gasteiger partial charge in [-0.05, 0) is 42.7 Å². The molecule has 1 aromatic heterocycles. The number of hydrogen-bond donors (Lipinski definition) is 1. The van der Waals surface area contributed by atoms with Crippen LogP contribution in [0, 0.1) is 0 Å². The summed E-state index contributed by atoms with van der Waals surface area (Å²) < 4.78 is 12.3. The summed E-state index contributed by atoms with van der Waals surface area (Å²) >= 11 is 0. The second-order valence-corrected chi connectivity index (χ2v) is 6.43. The molecule has 3 aromatic rings. The maximum absolute atomic E-state index is 11.5. The van der Waals surface area contributed by atoms with Crippen LogP contribution in [0.1, 0.15) is 35.0 Å². The first-order valence-corrected chi connectivity index (χ1v) is 9.25. The van der Waals surface area contributed by atoms with E-state index in [9.17, 15) is 14.7 Å². The molecule has 0 spiro atoms. The van der Waals surface area contributed by atoms with E-state index in [2.05, 4.69) is 5.10 Å². The molecule has 1 heterocycles. The molecule has 1 N–H and O–H groups in total.